The molecule has 6 rings (SSSR count). The molecule has 4 bridgehead atoms. The molecule has 6 amide bonds. The number of amides is 6. The van der Waals surface area contributed by atoms with Gasteiger partial charge in [0.2, 0.25) is 5.91 Å². The molecule has 1 aromatic rings. The van der Waals surface area contributed by atoms with Gasteiger partial charge in [0.05, 0.1) is 0 Å². The van der Waals surface area contributed by atoms with E-state index in [-0.39, 0.29) is 10.6 Å². The summed E-state index contributed by atoms with van der Waals surface area (Å²) < 4.78 is 0. The van der Waals surface area contributed by atoms with E-state index in [1.165, 1.54) is 32.3 Å². The van der Waals surface area contributed by atoms with Crippen LogP contribution in [0.5, 0.6) is 0 Å². The minimum atomic E-state index is -1.44. The fourth-order valence-electron chi connectivity index (χ4n) is 6.76. The van der Waals surface area contributed by atoms with E-state index in [1.807, 2.05) is 0 Å². The van der Waals surface area contributed by atoms with E-state index in [4.69, 9.17) is 23.2 Å². The summed E-state index contributed by atoms with van der Waals surface area (Å²) in [6.45, 7) is 0.944. The number of hydrogen-bond acceptors (Lipinski definition) is 4. The second-order valence-electron chi connectivity index (χ2n) is 10.3. The predicted octanol–water partition coefficient (Wildman–Crippen LogP) is 3.56. The number of nitrogens with one attached hydrogen (secondary N) is 3. The minimum Gasteiger partial charge on any atom is -0.332 e. The first kappa shape index (κ1) is 22.5. The Hall–Kier alpha value is -2.32. The van der Waals surface area contributed by atoms with Gasteiger partial charge in [-0.15, -0.1) is 0 Å². The van der Waals surface area contributed by atoms with Crippen LogP contribution < -0.4 is 16.0 Å². The summed E-state index contributed by atoms with van der Waals surface area (Å²) in [5, 5.41) is 8.57. The van der Waals surface area contributed by atoms with Gasteiger partial charge in [-0.25, -0.2) is 9.59 Å². The maximum absolute atomic E-state index is 13.1. The molecule has 4 aliphatic carbocycles. The van der Waals surface area contributed by atoms with Gasteiger partial charge >= 0.3 is 12.1 Å². The SMILES string of the molecule is C[C@]1(c2ccc(Cl)cc2Cl)NC(=O)N(CC(=O)NC(=O)NC23CC4CC(CC(C4)C2)C3)C1=O. The monoisotopic (exact) mass is 492 g/mol. The van der Waals surface area contributed by atoms with Gasteiger partial charge in [-0.2, -0.15) is 0 Å². The van der Waals surface area contributed by atoms with Crippen LogP contribution >= 0.6 is 23.2 Å². The van der Waals surface area contributed by atoms with Crippen LogP contribution in [0.1, 0.15) is 51.0 Å². The molecule has 1 aromatic carbocycles. The van der Waals surface area contributed by atoms with Gasteiger partial charge in [0.15, 0.2) is 0 Å². The molecule has 176 valence electrons. The summed E-state index contributed by atoms with van der Waals surface area (Å²) >= 11 is 12.2. The molecule has 1 saturated heterocycles. The van der Waals surface area contributed by atoms with E-state index in [1.54, 1.807) is 12.1 Å². The largest absolute Gasteiger partial charge is 0.332 e. The zero-order valence-corrected chi connectivity index (χ0v) is 19.8. The highest BCUT2D eigenvalue weighted by molar-refractivity contribution is 6.35. The number of nitrogens with zero attached hydrogens (tertiary/aromatic N) is 1. The van der Waals surface area contributed by atoms with Crippen molar-refractivity contribution >= 4 is 47.1 Å². The molecule has 5 aliphatic rings. The second kappa shape index (κ2) is 7.87. The Bertz CT molecular complexity index is 1030. The van der Waals surface area contributed by atoms with Gasteiger partial charge in [0.25, 0.3) is 5.91 Å². The van der Waals surface area contributed by atoms with Crippen molar-refractivity contribution in [2.45, 2.75) is 56.5 Å². The molecular formula is C23H26Cl2N4O4. The molecule has 1 heterocycles. The quantitative estimate of drug-likeness (QED) is 0.558. The molecule has 3 N–H and O–H groups in total. The lowest BCUT2D eigenvalue weighted by Gasteiger charge is -2.56. The van der Waals surface area contributed by atoms with Crippen molar-refractivity contribution in [2.75, 3.05) is 6.54 Å². The highest BCUT2D eigenvalue weighted by atomic mass is 35.5. The standard InChI is InChI=1S/C23H26Cl2N4O4/c1-22(16-3-2-15(24)7-17(16)25)19(31)29(21(33)28-22)11-18(30)26-20(32)27-23-8-12-4-13(9-23)6-14(5-12)10-23/h2-3,7,12-14H,4-6,8-11H2,1H3,(H,28,33)(H2,26,27,30,32)/t12?,13?,14?,22-,23?/m1/s1. The van der Waals surface area contributed by atoms with Gasteiger partial charge in [-0.3, -0.25) is 19.8 Å². The Morgan fingerprint density at radius 2 is 1.70 bits per heavy atom. The fraction of sp³-hybridized carbons (Fsp3) is 0.565. The lowest BCUT2D eigenvalue weighted by Crippen LogP contribution is -2.62. The Morgan fingerprint density at radius 3 is 2.27 bits per heavy atom. The Morgan fingerprint density at radius 1 is 1.09 bits per heavy atom. The molecule has 10 heteroatoms. The highest BCUT2D eigenvalue weighted by Gasteiger charge is 2.52. The molecule has 0 aromatic heterocycles. The molecule has 4 saturated carbocycles. The Kier molecular flexibility index (Phi) is 5.36. The van der Waals surface area contributed by atoms with Crippen molar-refractivity contribution in [3.63, 3.8) is 0 Å². The first-order valence-corrected chi connectivity index (χ1v) is 12.0. The predicted molar refractivity (Wildman–Crippen MR) is 122 cm³/mol. The van der Waals surface area contributed by atoms with E-state index in [2.05, 4.69) is 16.0 Å². The first-order valence-electron chi connectivity index (χ1n) is 11.3. The zero-order valence-electron chi connectivity index (χ0n) is 18.2. The molecule has 1 atom stereocenters. The zero-order chi connectivity index (χ0) is 23.5. The Balaban J connectivity index is 1.22. The van der Waals surface area contributed by atoms with Crippen molar-refractivity contribution < 1.29 is 19.2 Å². The minimum absolute atomic E-state index is 0.222. The maximum atomic E-state index is 13.1. The molecule has 5 fully saturated rings. The lowest BCUT2D eigenvalue weighted by molar-refractivity contribution is -0.134. The fourth-order valence-corrected chi connectivity index (χ4v) is 7.36. The van der Waals surface area contributed by atoms with Crippen LogP contribution in [0.4, 0.5) is 9.59 Å². The van der Waals surface area contributed by atoms with Crippen LogP contribution in [0.25, 0.3) is 0 Å². The van der Waals surface area contributed by atoms with Crippen LogP contribution in [0.15, 0.2) is 18.2 Å². The maximum Gasteiger partial charge on any atom is 0.325 e. The van der Waals surface area contributed by atoms with Gasteiger partial charge in [0, 0.05) is 21.1 Å². The molecule has 0 unspecified atom stereocenters. The van der Waals surface area contributed by atoms with Crippen molar-refractivity contribution in [3.05, 3.63) is 33.8 Å². The first-order chi connectivity index (χ1) is 15.6. The number of urea groups is 2. The molecular weight excluding hydrogens is 467 g/mol. The van der Waals surface area contributed by atoms with E-state index in [0.717, 1.165) is 24.2 Å². The van der Waals surface area contributed by atoms with Crippen molar-refractivity contribution in [1.82, 2.24) is 20.9 Å². The van der Waals surface area contributed by atoms with Gasteiger partial charge < -0.3 is 10.6 Å². The average molecular weight is 493 g/mol. The van der Waals surface area contributed by atoms with Gasteiger partial charge in [-0.1, -0.05) is 29.3 Å². The summed E-state index contributed by atoms with van der Waals surface area (Å²) in [6.07, 6.45) is 6.58. The summed E-state index contributed by atoms with van der Waals surface area (Å²) in [5.74, 6) is 0.585. The van der Waals surface area contributed by atoms with Crippen LogP contribution in [0, 0.1) is 17.8 Å². The normalized spacial score (nSPS) is 34.4. The number of hydrogen-bond donors (Lipinski definition) is 3. The summed E-state index contributed by atoms with van der Waals surface area (Å²) in [5.41, 5.74) is -1.32. The van der Waals surface area contributed by atoms with Crippen molar-refractivity contribution in [2.24, 2.45) is 17.8 Å². The number of carbonyl (C=O) groups is 4. The third-order valence-corrected chi connectivity index (χ3v) is 8.26. The Labute approximate surface area is 201 Å². The molecule has 33 heavy (non-hydrogen) atoms. The third kappa shape index (κ3) is 3.97. The van der Waals surface area contributed by atoms with E-state index in [0.29, 0.717) is 28.3 Å². The van der Waals surface area contributed by atoms with E-state index < -0.39 is 36.0 Å². The van der Waals surface area contributed by atoms with Gasteiger partial charge in [0.1, 0.15) is 12.1 Å². The van der Waals surface area contributed by atoms with E-state index >= 15 is 0 Å². The van der Waals surface area contributed by atoms with Crippen LogP contribution in [-0.4, -0.2) is 40.9 Å². The van der Waals surface area contributed by atoms with Crippen molar-refractivity contribution in [1.29, 1.82) is 0 Å². The summed E-state index contributed by atoms with van der Waals surface area (Å²) in [4.78, 5) is 51.6. The third-order valence-electron chi connectivity index (χ3n) is 7.72. The van der Waals surface area contributed by atoms with Crippen LogP contribution in [0.3, 0.4) is 0 Å². The number of imide groups is 2. The van der Waals surface area contributed by atoms with Crippen molar-refractivity contribution in [3.8, 4) is 0 Å². The highest BCUT2D eigenvalue weighted by Crippen LogP contribution is 2.55. The smallest absolute Gasteiger partial charge is 0.325 e. The molecule has 0 spiro atoms. The average Bonchev–Trinajstić information content (AvgIpc) is 2.89. The molecule has 8 nitrogen and oxygen atoms in total. The topological polar surface area (TPSA) is 108 Å². The van der Waals surface area contributed by atoms with Gasteiger partial charge in [-0.05, 0) is 75.3 Å². The molecule has 0 radical (unpaired) electrons. The number of rotatable bonds is 4. The summed E-state index contributed by atoms with van der Waals surface area (Å²) in [7, 11) is 0. The van der Waals surface area contributed by atoms with Crippen LogP contribution in [-0.2, 0) is 15.1 Å². The number of carbonyl (C=O) groups excluding carboxylic acids is 4. The second-order valence-corrected chi connectivity index (χ2v) is 11.1. The lowest BCUT2D eigenvalue weighted by atomic mass is 9.53. The number of benzene rings is 1. The number of halogens is 2. The van der Waals surface area contributed by atoms with E-state index in [9.17, 15) is 19.2 Å². The van der Waals surface area contributed by atoms with Crippen LogP contribution in [0.2, 0.25) is 10.0 Å². The molecule has 1 aliphatic heterocycles. The summed E-state index contributed by atoms with van der Waals surface area (Å²) in [6, 6.07) is 3.30.